The zero-order valence-corrected chi connectivity index (χ0v) is 19.0. The van der Waals surface area contributed by atoms with E-state index in [0.717, 1.165) is 55.0 Å². The highest BCUT2D eigenvalue weighted by Gasteiger charge is 2.44. The van der Waals surface area contributed by atoms with E-state index in [2.05, 4.69) is 10.2 Å². The van der Waals surface area contributed by atoms with Crippen molar-refractivity contribution in [1.29, 1.82) is 0 Å². The number of hydrogen-bond donors (Lipinski definition) is 1. The molecule has 11 heteroatoms. The molecule has 1 amide bonds. The fourth-order valence-corrected chi connectivity index (χ4v) is 4.25. The van der Waals surface area contributed by atoms with Gasteiger partial charge in [0, 0.05) is 23.8 Å². The number of carbonyl (C=O) groups is 2. The Balaban J connectivity index is 1.57. The number of amides is 1. The lowest BCUT2D eigenvalue weighted by Gasteiger charge is -2.22. The van der Waals surface area contributed by atoms with Crippen LogP contribution in [0.15, 0.2) is 53.4 Å². The molecule has 182 valence electrons. The predicted molar refractivity (Wildman–Crippen MR) is 117 cm³/mol. The Bertz CT molecular complexity index is 1190. The third kappa shape index (κ3) is 5.76. The SMILES string of the molecule is CS(=O)(=O)c1ccc(N(OC(=O)C(F)(F)F)C(=O)c2cccc(C3CC3NCC3CC3)c2)cc1. The van der Waals surface area contributed by atoms with E-state index in [1.54, 1.807) is 12.1 Å². The van der Waals surface area contributed by atoms with Crippen LogP contribution in [-0.2, 0) is 19.5 Å². The Morgan fingerprint density at radius 2 is 1.79 bits per heavy atom. The van der Waals surface area contributed by atoms with Gasteiger partial charge in [-0.25, -0.2) is 13.2 Å². The number of carbonyl (C=O) groups excluding carboxylic acids is 2. The number of rotatable bonds is 7. The molecule has 0 heterocycles. The van der Waals surface area contributed by atoms with Crippen LogP contribution < -0.4 is 10.4 Å². The molecule has 0 radical (unpaired) electrons. The molecule has 7 nitrogen and oxygen atoms in total. The van der Waals surface area contributed by atoms with Gasteiger partial charge in [0.1, 0.15) is 0 Å². The van der Waals surface area contributed by atoms with Crippen molar-refractivity contribution in [3.63, 3.8) is 0 Å². The number of halogens is 3. The zero-order valence-electron chi connectivity index (χ0n) is 18.2. The molecule has 0 aliphatic heterocycles. The fourth-order valence-electron chi connectivity index (χ4n) is 3.62. The summed E-state index contributed by atoms with van der Waals surface area (Å²) in [7, 11) is -3.58. The molecule has 0 aromatic heterocycles. The Morgan fingerprint density at radius 3 is 2.38 bits per heavy atom. The van der Waals surface area contributed by atoms with Gasteiger partial charge in [-0.3, -0.25) is 4.79 Å². The van der Waals surface area contributed by atoms with Crippen molar-refractivity contribution in [3.8, 4) is 0 Å². The third-order valence-corrected chi connectivity index (χ3v) is 6.94. The van der Waals surface area contributed by atoms with Gasteiger partial charge in [-0.1, -0.05) is 12.1 Å². The molecule has 2 saturated carbocycles. The van der Waals surface area contributed by atoms with E-state index in [1.165, 1.54) is 18.9 Å². The third-order valence-electron chi connectivity index (χ3n) is 5.81. The minimum absolute atomic E-state index is 0.0347. The summed E-state index contributed by atoms with van der Waals surface area (Å²) in [5, 5.41) is 3.72. The van der Waals surface area contributed by atoms with Crippen LogP contribution in [0.5, 0.6) is 0 Å². The van der Waals surface area contributed by atoms with Crippen LogP contribution in [0.4, 0.5) is 18.9 Å². The molecule has 0 spiro atoms. The van der Waals surface area contributed by atoms with Crippen LogP contribution in [0.25, 0.3) is 0 Å². The molecular formula is C23H23F3N2O5S. The first kappa shape index (κ1) is 24.2. The summed E-state index contributed by atoms with van der Waals surface area (Å²) in [5.74, 6) is -2.66. The monoisotopic (exact) mass is 496 g/mol. The Hall–Kier alpha value is -2.92. The van der Waals surface area contributed by atoms with Crippen molar-refractivity contribution < 1.29 is 36.0 Å². The van der Waals surface area contributed by atoms with Gasteiger partial charge in [0.2, 0.25) is 0 Å². The van der Waals surface area contributed by atoms with E-state index in [0.29, 0.717) is 0 Å². The van der Waals surface area contributed by atoms with Crippen LogP contribution in [0, 0.1) is 5.92 Å². The summed E-state index contributed by atoms with van der Waals surface area (Å²) in [6.07, 6.45) is -1.02. The van der Waals surface area contributed by atoms with Gasteiger partial charge in [-0.2, -0.15) is 13.2 Å². The number of nitrogens with one attached hydrogen (secondary N) is 1. The number of anilines is 1. The quantitative estimate of drug-likeness (QED) is 0.589. The summed E-state index contributed by atoms with van der Waals surface area (Å²) >= 11 is 0. The average molecular weight is 497 g/mol. The maximum Gasteiger partial charge on any atom is 0.493 e. The van der Waals surface area contributed by atoms with Gasteiger partial charge in [0.15, 0.2) is 9.84 Å². The second-order valence-electron chi connectivity index (χ2n) is 8.67. The van der Waals surface area contributed by atoms with Crippen molar-refractivity contribution in [2.24, 2.45) is 5.92 Å². The summed E-state index contributed by atoms with van der Waals surface area (Å²) in [5.41, 5.74) is 0.664. The largest absolute Gasteiger partial charge is 0.493 e. The van der Waals surface area contributed by atoms with Crippen LogP contribution >= 0.6 is 0 Å². The van der Waals surface area contributed by atoms with Crippen LogP contribution in [-0.4, -0.2) is 45.3 Å². The average Bonchev–Trinajstić information content (AvgIpc) is 3.69. The number of sulfone groups is 1. The molecule has 2 aromatic carbocycles. The highest BCUT2D eigenvalue weighted by atomic mass is 32.2. The van der Waals surface area contributed by atoms with Gasteiger partial charge < -0.3 is 10.2 Å². The van der Waals surface area contributed by atoms with E-state index >= 15 is 0 Å². The summed E-state index contributed by atoms with van der Waals surface area (Å²) in [6, 6.07) is 11.2. The van der Waals surface area contributed by atoms with Crippen molar-refractivity contribution in [1.82, 2.24) is 5.32 Å². The Labute approximate surface area is 194 Å². The van der Waals surface area contributed by atoms with E-state index in [9.17, 15) is 31.2 Å². The normalized spacial score (nSPS) is 20.0. The standard InChI is InChI=1S/C23H23F3N2O5S/c1-34(31,32)18-9-7-17(8-10-18)28(33-22(30)23(24,25)26)21(29)16-4-2-3-15(11-16)19-12-20(19)27-13-14-5-6-14/h2-4,7-11,14,19-20,27H,5-6,12-13H2,1H3. The second-order valence-corrected chi connectivity index (χ2v) is 10.7. The van der Waals surface area contributed by atoms with Gasteiger partial charge in [-0.15, -0.1) is 5.06 Å². The highest BCUT2D eigenvalue weighted by Crippen LogP contribution is 2.42. The predicted octanol–water partition coefficient (Wildman–Crippen LogP) is 3.61. The lowest BCUT2D eigenvalue weighted by molar-refractivity contribution is -0.199. The Kier molecular flexibility index (Phi) is 6.43. The van der Waals surface area contributed by atoms with E-state index < -0.39 is 27.9 Å². The molecule has 2 aliphatic rings. The molecule has 2 unspecified atom stereocenters. The number of hydrogen-bond acceptors (Lipinski definition) is 6. The topological polar surface area (TPSA) is 92.8 Å². The van der Waals surface area contributed by atoms with Gasteiger partial charge in [0.25, 0.3) is 5.91 Å². The van der Waals surface area contributed by atoms with Gasteiger partial charge in [0.05, 0.1) is 10.6 Å². The summed E-state index contributed by atoms with van der Waals surface area (Å²) in [6.45, 7) is 0.949. The molecule has 0 saturated heterocycles. The summed E-state index contributed by atoms with van der Waals surface area (Å²) < 4.78 is 62.0. The van der Waals surface area contributed by atoms with Crippen molar-refractivity contribution in [2.45, 2.75) is 42.3 Å². The second kappa shape index (κ2) is 9.03. The van der Waals surface area contributed by atoms with Crippen molar-refractivity contribution >= 4 is 27.4 Å². The lowest BCUT2D eigenvalue weighted by Crippen LogP contribution is -2.38. The van der Waals surface area contributed by atoms with E-state index in [1.807, 2.05) is 6.07 Å². The molecule has 2 atom stereocenters. The molecule has 1 N–H and O–H groups in total. The van der Waals surface area contributed by atoms with Crippen LogP contribution in [0.3, 0.4) is 0 Å². The minimum Gasteiger partial charge on any atom is -0.324 e. The number of nitrogens with zero attached hydrogens (tertiary/aromatic N) is 1. The maximum absolute atomic E-state index is 13.1. The van der Waals surface area contributed by atoms with Crippen molar-refractivity contribution in [2.75, 3.05) is 17.9 Å². The first-order valence-electron chi connectivity index (χ1n) is 10.7. The van der Waals surface area contributed by atoms with Crippen molar-refractivity contribution in [3.05, 3.63) is 59.7 Å². The van der Waals surface area contributed by atoms with Gasteiger partial charge >= 0.3 is 12.1 Å². The lowest BCUT2D eigenvalue weighted by atomic mass is 10.1. The first-order valence-corrected chi connectivity index (χ1v) is 12.6. The molecule has 0 bridgehead atoms. The van der Waals surface area contributed by atoms with Crippen LogP contribution in [0.1, 0.15) is 41.1 Å². The Morgan fingerprint density at radius 1 is 1.12 bits per heavy atom. The van der Waals surface area contributed by atoms with E-state index in [-0.39, 0.29) is 33.2 Å². The molecule has 2 aliphatic carbocycles. The summed E-state index contributed by atoms with van der Waals surface area (Å²) in [4.78, 5) is 29.0. The maximum atomic E-state index is 13.1. The number of benzene rings is 2. The highest BCUT2D eigenvalue weighted by molar-refractivity contribution is 7.90. The molecule has 2 fully saturated rings. The smallest absolute Gasteiger partial charge is 0.324 e. The molecule has 2 aromatic rings. The molecular weight excluding hydrogens is 473 g/mol. The number of alkyl halides is 3. The molecule has 4 rings (SSSR count). The van der Waals surface area contributed by atoms with E-state index in [4.69, 9.17) is 0 Å². The number of hydroxylamine groups is 1. The van der Waals surface area contributed by atoms with Gasteiger partial charge in [-0.05, 0) is 73.7 Å². The fraction of sp³-hybridized carbons (Fsp3) is 0.391. The zero-order chi connectivity index (χ0) is 24.7. The molecule has 34 heavy (non-hydrogen) atoms. The minimum atomic E-state index is -5.33. The first-order chi connectivity index (χ1) is 15.9. The van der Waals surface area contributed by atoms with Crippen LogP contribution in [0.2, 0.25) is 0 Å².